The molecule has 33 heavy (non-hydrogen) atoms. The van der Waals surface area contributed by atoms with Crippen LogP contribution in [0.25, 0.3) is 0 Å². The number of anilines is 1. The van der Waals surface area contributed by atoms with Crippen LogP contribution in [0.3, 0.4) is 0 Å². The molecule has 7 nitrogen and oxygen atoms in total. The Hall–Kier alpha value is -2.00. The molecule has 0 aliphatic rings. The molecule has 1 N–H and O–H groups in total. The van der Waals surface area contributed by atoms with E-state index in [1.54, 1.807) is 31.2 Å². The molecule has 2 aromatic rings. The van der Waals surface area contributed by atoms with Crippen LogP contribution in [0.1, 0.15) is 25.8 Å². The number of carbonyl (C=O) groups is 2. The molecule has 11 heteroatoms. The van der Waals surface area contributed by atoms with Crippen LogP contribution in [0, 0.1) is 0 Å². The lowest BCUT2D eigenvalue weighted by atomic mass is 10.1. The molecule has 1 atom stereocenters. The van der Waals surface area contributed by atoms with Gasteiger partial charge in [0.25, 0.3) is 0 Å². The Kier molecular flexibility index (Phi) is 9.84. The number of amides is 2. The highest BCUT2D eigenvalue weighted by atomic mass is 35.5. The number of benzene rings is 2. The third kappa shape index (κ3) is 7.78. The lowest BCUT2D eigenvalue weighted by Gasteiger charge is -2.31. The van der Waals surface area contributed by atoms with Crippen molar-refractivity contribution in [3.63, 3.8) is 0 Å². The maximum Gasteiger partial charge on any atom is 0.244 e. The third-order valence-corrected chi connectivity index (χ3v) is 6.73. The van der Waals surface area contributed by atoms with E-state index in [1.807, 2.05) is 6.92 Å². The van der Waals surface area contributed by atoms with Crippen molar-refractivity contribution >= 4 is 62.3 Å². The van der Waals surface area contributed by atoms with Gasteiger partial charge in [-0.2, -0.15) is 0 Å². The van der Waals surface area contributed by atoms with E-state index in [9.17, 15) is 18.0 Å². The monoisotopic (exact) mass is 533 g/mol. The molecular formula is C22H26Cl3N3O4S. The summed E-state index contributed by atoms with van der Waals surface area (Å²) in [6.45, 7) is 3.45. The Balaban J connectivity index is 2.42. The Labute approximate surface area is 209 Å². The topological polar surface area (TPSA) is 86.8 Å². The highest BCUT2D eigenvalue weighted by Crippen LogP contribution is 2.31. The van der Waals surface area contributed by atoms with E-state index < -0.39 is 28.5 Å². The van der Waals surface area contributed by atoms with E-state index in [0.29, 0.717) is 17.1 Å². The standard InChI is InChI=1S/C22H26Cl3N3O4S/c1-4-10-26-22(30)15(2)27(13-16-6-5-7-17(23)11-16)21(29)14-28(33(3,31)32)20-12-18(24)8-9-19(20)25/h5-9,11-12,15H,4,10,13-14H2,1-3H3,(H,26,30). The largest absolute Gasteiger partial charge is 0.354 e. The van der Waals surface area contributed by atoms with Crippen LogP contribution >= 0.6 is 34.8 Å². The van der Waals surface area contributed by atoms with E-state index in [1.165, 1.54) is 23.1 Å². The molecule has 0 radical (unpaired) electrons. The molecule has 180 valence electrons. The number of halogens is 3. The van der Waals surface area contributed by atoms with Crippen LogP contribution in [0.2, 0.25) is 15.1 Å². The van der Waals surface area contributed by atoms with Gasteiger partial charge in [-0.05, 0) is 49.2 Å². The van der Waals surface area contributed by atoms with Gasteiger partial charge in [-0.1, -0.05) is 53.9 Å². The van der Waals surface area contributed by atoms with Crippen LogP contribution < -0.4 is 9.62 Å². The fourth-order valence-corrected chi connectivity index (χ4v) is 4.58. The van der Waals surface area contributed by atoms with E-state index in [2.05, 4.69) is 5.32 Å². The molecule has 0 aromatic heterocycles. The lowest BCUT2D eigenvalue weighted by molar-refractivity contribution is -0.139. The molecule has 0 bridgehead atoms. The molecule has 1 unspecified atom stereocenters. The molecule has 2 amide bonds. The summed E-state index contributed by atoms with van der Waals surface area (Å²) in [7, 11) is -3.90. The molecule has 0 spiro atoms. The zero-order valence-electron chi connectivity index (χ0n) is 18.5. The Morgan fingerprint density at radius 3 is 2.33 bits per heavy atom. The molecule has 0 aliphatic carbocycles. The van der Waals surface area contributed by atoms with Crippen LogP contribution in [0.4, 0.5) is 5.69 Å². The van der Waals surface area contributed by atoms with Crippen molar-refractivity contribution in [3.8, 4) is 0 Å². The zero-order chi connectivity index (χ0) is 24.8. The second-order valence-electron chi connectivity index (χ2n) is 7.48. The molecule has 2 rings (SSSR count). The minimum absolute atomic E-state index is 0.0565. The number of hydrogen-bond acceptors (Lipinski definition) is 4. The summed E-state index contributed by atoms with van der Waals surface area (Å²) in [5, 5.41) is 3.63. The van der Waals surface area contributed by atoms with Crippen LogP contribution in [0.5, 0.6) is 0 Å². The van der Waals surface area contributed by atoms with Gasteiger partial charge in [0.15, 0.2) is 0 Å². The van der Waals surface area contributed by atoms with Gasteiger partial charge in [0.1, 0.15) is 12.6 Å². The first-order valence-corrected chi connectivity index (χ1v) is 13.2. The van der Waals surface area contributed by atoms with Gasteiger partial charge in [0.05, 0.1) is 17.0 Å². The molecule has 0 saturated heterocycles. The number of nitrogens with zero attached hydrogens (tertiary/aromatic N) is 2. The van der Waals surface area contributed by atoms with Crippen molar-refractivity contribution in [2.24, 2.45) is 0 Å². The second kappa shape index (κ2) is 11.9. The SMILES string of the molecule is CCCNC(=O)C(C)N(Cc1cccc(Cl)c1)C(=O)CN(c1cc(Cl)ccc1Cl)S(C)(=O)=O. The lowest BCUT2D eigenvalue weighted by Crippen LogP contribution is -2.51. The summed E-state index contributed by atoms with van der Waals surface area (Å²) in [6, 6.07) is 10.4. The third-order valence-electron chi connectivity index (χ3n) is 4.81. The van der Waals surface area contributed by atoms with Gasteiger partial charge in [-0.25, -0.2) is 8.42 Å². The molecular weight excluding hydrogens is 509 g/mol. The minimum atomic E-state index is -3.90. The predicted octanol–water partition coefficient (Wildman–Crippen LogP) is 4.36. The number of hydrogen-bond donors (Lipinski definition) is 1. The molecule has 0 aliphatic heterocycles. The summed E-state index contributed by atoms with van der Waals surface area (Å²) < 4.78 is 26.0. The average molecular weight is 535 g/mol. The van der Waals surface area contributed by atoms with Gasteiger partial charge in [0.2, 0.25) is 21.8 Å². The first-order chi connectivity index (χ1) is 15.4. The van der Waals surface area contributed by atoms with Gasteiger partial charge in [-0.15, -0.1) is 0 Å². The first kappa shape index (κ1) is 27.2. The van der Waals surface area contributed by atoms with Gasteiger partial charge in [-0.3, -0.25) is 13.9 Å². The number of nitrogens with one attached hydrogen (secondary N) is 1. The van der Waals surface area contributed by atoms with E-state index in [4.69, 9.17) is 34.8 Å². The van der Waals surface area contributed by atoms with Crippen LogP contribution in [-0.2, 0) is 26.2 Å². The first-order valence-electron chi connectivity index (χ1n) is 10.2. The smallest absolute Gasteiger partial charge is 0.244 e. The van der Waals surface area contributed by atoms with Crippen molar-refractivity contribution in [1.29, 1.82) is 0 Å². The Bertz CT molecular complexity index is 1110. The maximum absolute atomic E-state index is 13.4. The number of carbonyl (C=O) groups excluding carboxylic acids is 2. The van der Waals surface area contributed by atoms with Gasteiger partial charge < -0.3 is 10.2 Å². The van der Waals surface area contributed by atoms with Crippen molar-refractivity contribution in [1.82, 2.24) is 10.2 Å². The summed E-state index contributed by atoms with van der Waals surface area (Å²) in [5.41, 5.74) is 0.767. The predicted molar refractivity (Wildman–Crippen MR) is 133 cm³/mol. The second-order valence-corrected chi connectivity index (χ2v) is 10.7. The summed E-state index contributed by atoms with van der Waals surface area (Å²) >= 11 is 18.3. The van der Waals surface area contributed by atoms with Crippen LogP contribution in [0.15, 0.2) is 42.5 Å². The maximum atomic E-state index is 13.4. The van der Waals surface area contributed by atoms with Crippen molar-refractivity contribution in [2.75, 3.05) is 23.7 Å². The minimum Gasteiger partial charge on any atom is -0.354 e. The Morgan fingerprint density at radius 1 is 1.06 bits per heavy atom. The molecule has 0 heterocycles. The van der Waals surface area contributed by atoms with E-state index >= 15 is 0 Å². The van der Waals surface area contributed by atoms with Gasteiger partial charge >= 0.3 is 0 Å². The quantitative estimate of drug-likeness (QED) is 0.491. The van der Waals surface area contributed by atoms with Gasteiger partial charge in [0, 0.05) is 23.1 Å². The molecule has 0 fully saturated rings. The normalized spacial score (nSPS) is 12.2. The van der Waals surface area contributed by atoms with E-state index in [0.717, 1.165) is 17.0 Å². The van der Waals surface area contributed by atoms with E-state index in [-0.39, 0.29) is 28.2 Å². The summed E-state index contributed by atoms with van der Waals surface area (Å²) in [6.07, 6.45) is 1.70. The number of sulfonamides is 1. The van der Waals surface area contributed by atoms with Crippen LogP contribution in [-0.4, -0.2) is 50.5 Å². The fraction of sp³-hybridized carbons (Fsp3) is 0.364. The molecule has 0 saturated carbocycles. The highest BCUT2D eigenvalue weighted by molar-refractivity contribution is 7.92. The summed E-state index contributed by atoms with van der Waals surface area (Å²) in [5.74, 6) is -0.936. The fourth-order valence-electron chi connectivity index (χ4n) is 3.08. The van der Waals surface area contributed by atoms with Crippen molar-refractivity contribution < 1.29 is 18.0 Å². The molecule has 2 aromatic carbocycles. The number of rotatable bonds is 10. The Morgan fingerprint density at radius 2 is 1.73 bits per heavy atom. The zero-order valence-corrected chi connectivity index (χ0v) is 21.6. The summed E-state index contributed by atoms with van der Waals surface area (Å²) in [4.78, 5) is 27.4. The average Bonchev–Trinajstić information content (AvgIpc) is 2.74. The van der Waals surface area contributed by atoms with Crippen molar-refractivity contribution in [2.45, 2.75) is 32.9 Å². The highest BCUT2D eigenvalue weighted by Gasteiger charge is 2.30. The van der Waals surface area contributed by atoms with Crippen molar-refractivity contribution in [3.05, 3.63) is 63.1 Å².